The maximum atomic E-state index is 12.7. The third kappa shape index (κ3) is 2.08. The maximum absolute atomic E-state index is 12.7. The molecule has 0 spiro atoms. The molecule has 0 fully saturated rings. The Balaban J connectivity index is 2.18. The summed E-state index contributed by atoms with van der Waals surface area (Å²) >= 11 is 0. The number of methoxy groups -OCH3 is 1. The molecule has 0 saturated carbocycles. The number of benzene rings is 2. The van der Waals surface area contributed by atoms with E-state index >= 15 is 0 Å². The van der Waals surface area contributed by atoms with Crippen LogP contribution >= 0.6 is 0 Å². The number of fused-ring (bicyclic) bond motifs is 1. The molecule has 3 rings (SSSR count). The number of hydrogen-bond donors (Lipinski definition) is 3. The zero-order valence-electron chi connectivity index (χ0n) is 11.5. The molecule has 5 heteroatoms. The number of nitrogens with two attached hydrogens (primary N) is 2. The first-order valence-corrected chi connectivity index (χ1v) is 6.45. The lowest BCUT2D eigenvalue weighted by molar-refractivity contribution is 0.104. The lowest BCUT2D eigenvalue weighted by Gasteiger charge is -2.07. The van der Waals surface area contributed by atoms with E-state index in [1.807, 2.05) is 18.2 Å². The van der Waals surface area contributed by atoms with Gasteiger partial charge in [0.25, 0.3) is 0 Å². The van der Waals surface area contributed by atoms with E-state index in [2.05, 4.69) is 4.98 Å². The Bertz CT molecular complexity index is 837. The largest absolute Gasteiger partial charge is 0.496 e. The molecule has 0 radical (unpaired) electrons. The normalized spacial score (nSPS) is 10.7. The number of nitrogens with one attached hydrogen (secondary N) is 1. The van der Waals surface area contributed by atoms with Crippen molar-refractivity contribution in [2.75, 3.05) is 18.6 Å². The van der Waals surface area contributed by atoms with Crippen molar-refractivity contribution in [2.24, 2.45) is 0 Å². The van der Waals surface area contributed by atoms with Gasteiger partial charge in [0.2, 0.25) is 0 Å². The molecule has 0 aliphatic rings. The van der Waals surface area contributed by atoms with Crippen LogP contribution in [0.2, 0.25) is 0 Å². The van der Waals surface area contributed by atoms with Gasteiger partial charge in [-0.2, -0.15) is 0 Å². The summed E-state index contributed by atoms with van der Waals surface area (Å²) in [6.07, 6.45) is 1.67. The van der Waals surface area contributed by atoms with Gasteiger partial charge < -0.3 is 21.2 Å². The van der Waals surface area contributed by atoms with Crippen LogP contribution < -0.4 is 16.2 Å². The van der Waals surface area contributed by atoms with E-state index < -0.39 is 0 Å². The minimum atomic E-state index is -0.164. The molecule has 2 aromatic carbocycles. The van der Waals surface area contributed by atoms with Crippen molar-refractivity contribution >= 4 is 28.1 Å². The summed E-state index contributed by atoms with van der Waals surface area (Å²) in [6, 6.07) is 10.5. The lowest BCUT2D eigenvalue weighted by atomic mass is 10.0. The van der Waals surface area contributed by atoms with Gasteiger partial charge in [0.1, 0.15) is 5.75 Å². The highest BCUT2D eigenvalue weighted by molar-refractivity contribution is 6.19. The second-order valence-corrected chi connectivity index (χ2v) is 4.76. The SMILES string of the molecule is COc1cccc2[nH]cc(C(=O)c3ccc(N)cc3N)c12. The highest BCUT2D eigenvalue weighted by atomic mass is 16.5. The number of rotatable bonds is 3. The molecule has 106 valence electrons. The van der Waals surface area contributed by atoms with Gasteiger partial charge in [-0.05, 0) is 30.3 Å². The first-order valence-electron chi connectivity index (χ1n) is 6.45. The second-order valence-electron chi connectivity index (χ2n) is 4.76. The first-order chi connectivity index (χ1) is 10.1. The standard InChI is InChI=1S/C16H15N3O2/c1-21-14-4-2-3-13-15(14)11(8-19-13)16(20)10-6-5-9(17)7-12(10)18/h2-8,19H,17-18H2,1H3. The molecular weight excluding hydrogens is 266 g/mol. The molecule has 0 bridgehead atoms. The van der Waals surface area contributed by atoms with Crippen LogP contribution in [0.5, 0.6) is 5.75 Å². The van der Waals surface area contributed by atoms with Crippen LogP contribution in [0.4, 0.5) is 11.4 Å². The molecule has 5 N–H and O–H groups in total. The van der Waals surface area contributed by atoms with Crippen molar-refractivity contribution in [3.63, 3.8) is 0 Å². The van der Waals surface area contributed by atoms with E-state index in [0.717, 1.165) is 10.9 Å². The number of anilines is 2. The zero-order valence-corrected chi connectivity index (χ0v) is 11.5. The summed E-state index contributed by atoms with van der Waals surface area (Å²) in [5.74, 6) is 0.481. The number of aromatic amines is 1. The molecule has 0 aliphatic heterocycles. The molecule has 0 aliphatic carbocycles. The molecule has 0 atom stereocenters. The number of ketones is 1. The van der Waals surface area contributed by atoms with Crippen LogP contribution in [0.15, 0.2) is 42.6 Å². The van der Waals surface area contributed by atoms with Gasteiger partial charge in [-0.15, -0.1) is 0 Å². The molecule has 3 aromatic rings. The van der Waals surface area contributed by atoms with E-state index in [9.17, 15) is 4.79 Å². The average molecular weight is 281 g/mol. The number of carbonyl (C=O) groups excluding carboxylic acids is 1. The van der Waals surface area contributed by atoms with E-state index in [1.165, 1.54) is 0 Å². The van der Waals surface area contributed by atoms with Crippen LogP contribution in [0.3, 0.4) is 0 Å². The van der Waals surface area contributed by atoms with Crippen molar-refractivity contribution in [3.05, 3.63) is 53.7 Å². The highest BCUT2D eigenvalue weighted by Crippen LogP contribution is 2.31. The minimum Gasteiger partial charge on any atom is -0.496 e. The van der Waals surface area contributed by atoms with E-state index in [1.54, 1.807) is 31.5 Å². The quantitative estimate of drug-likeness (QED) is 0.508. The molecule has 0 unspecified atom stereocenters. The Morgan fingerprint density at radius 3 is 2.67 bits per heavy atom. The monoisotopic (exact) mass is 281 g/mol. The van der Waals surface area contributed by atoms with Gasteiger partial charge in [-0.25, -0.2) is 0 Å². The predicted octanol–water partition coefficient (Wildman–Crippen LogP) is 2.57. The second kappa shape index (κ2) is 4.86. The Labute approximate surface area is 121 Å². The van der Waals surface area contributed by atoms with Gasteiger partial charge in [0.05, 0.1) is 18.1 Å². The van der Waals surface area contributed by atoms with Crippen molar-refractivity contribution in [3.8, 4) is 5.75 Å². The lowest BCUT2D eigenvalue weighted by Crippen LogP contribution is -2.05. The molecular formula is C16H15N3O2. The fraction of sp³-hybridized carbons (Fsp3) is 0.0625. The van der Waals surface area contributed by atoms with Gasteiger partial charge >= 0.3 is 0 Å². The summed E-state index contributed by atoms with van der Waals surface area (Å²) in [6.45, 7) is 0. The average Bonchev–Trinajstić information content (AvgIpc) is 2.90. The van der Waals surface area contributed by atoms with E-state index in [-0.39, 0.29) is 5.78 Å². The fourth-order valence-electron chi connectivity index (χ4n) is 2.43. The number of carbonyl (C=O) groups is 1. The van der Waals surface area contributed by atoms with Gasteiger partial charge in [0.15, 0.2) is 5.78 Å². The van der Waals surface area contributed by atoms with Crippen molar-refractivity contribution in [1.29, 1.82) is 0 Å². The van der Waals surface area contributed by atoms with E-state index in [4.69, 9.17) is 16.2 Å². The summed E-state index contributed by atoms with van der Waals surface area (Å²) in [4.78, 5) is 15.8. The van der Waals surface area contributed by atoms with Crippen molar-refractivity contribution in [1.82, 2.24) is 4.98 Å². The predicted molar refractivity (Wildman–Crippen MR) is 83.6 cm³/mol. The topological polar surface area (TPSA) is 94.1 Å². The minimum absolute atomic E-state index is 0.164. The summed E-state index contributed by atoms with van der Waals surface area (Å²) in [7, 11) is 1.58. The Morgan fingerprint density at radius 1 is 1.14 bits per heavy atom. The van der Waals surface area contributed by atoms with Crippen LogP contribution in [0.25, 0.3) is 10.9 Å². The van der Waals surface area contributed by atoms with Crippen molar-refractivity contribution < 1.29 is 9.53 Å². The molecule has 1 aromatic heterocycles. The summed E-state index contributed by atoms with van der Waals surface area (Å²) in [5, 5.41) is 0.751. The molecule has 0 saturated heterocycles. The van der Waals surface area contributed by atoms with E-state index in [0.29, 0.717) is 28.3 Å². The smallest absolute Gasteiger partial charge is 0.197 e. The van der Waals surface area contributed by atoms with Crippen LogP contribution in [0.1, 0.15) is 15.9 Å². The number of aromatic nitrogens is 1. The number of H-pyrrole nitrogens is 1. The van der Waals surface area contributed by atoms with Gasteiger partial charge in [-0.1, -0.05) is 6.07 Å². The zero-order chi connectivity index (χ0) is 15.0. The summed E-state index contributed by atoms with van der Waals surface area (Å²) in [5.41, 5.74) is 14.3. The Hall–Kier alpha value is -2.95. The van der Waals surface area contributed by atoms with Crippen molar-refractivity contribution in [2.45, 2.75) is 0 Å². The Kier molecular flexibility index (Phi) is 3.02. The number of ether oxygens (including phenoxy) is 1. The molecule has 1 heterocycles. The number of nitrogen functional groups attached to an aromatic ring is 2. The van der Waals surface area contributed by atoms with Gasteiger partial charge in [-0.3, -0.25) is 4.79 Å². The van der Waals surface area contributed by atoms with Crippen LogP contribution in [0, 0.1) is 0 Å². The fourth-order valence-corrected chi connectivity index (χ4v) is 2.43. The molecule has 0 amide bonds. The maximum Gasteiger partial charge on any atom is 0.197 e. The van der Waals surface area contributed by atoms with Crippen LogP contribution in [-0.2, 0) is 0 Å². The Morgan fingerprint density at radius 2 is 1.95 bits per heavy atom. The van der Waals surface area contributed by atoms with Crippen LogP contribution in [-0.4, -0.2) is 17.9 Å². The third-order valence-electron chi connectivity index (χ3n) is 3.45. The number of hydrogen-bond acceptors (Lipinski definition) is 4. The molecule has 5 nitrogen and oxygen atoms in total. The first kappa shape index (κ1) is 13.1. The third-order valence-corrected chi connectivity index (χ3v) is 3.45. The molecule has 21 heavy (non-hydrogen) atoms. The highest BCUT2D eigenvalue weighted by Gasteiger charge is 2.19. The van der Waals surface area contributed by atoms with Gasteiger partial charge in [0, 0.05) is 28.7 Å². The summed E-state index contributed by atoms with van der Waals surface area (Å²) < 4.78 is 5.34.